The molecule has 1 atom stereocenters. The Morgan fingerprint density at radius 1 is 1.09 bits per heavy atom. The van der Waals surface area contributed by atoms with Crippen molar-refractivity contribution in [3.8, 4) is 11.4 Å². The molecule has 4 aromatic heterocycles. The van der Waals surface area contributed by atoms with Gasteiger partial charge in [0.2, 0.25) is 5.95 Å². The molecule has 0 unspecified atom stereocenters. The second kappa shape index (κ2) is 10.5. The molecule has 35 heavy (non-hydrogen) atoms. The molecule has 9 nitrogen and oxygen atoms in total. The normalized spacial score (nSPS) is 11.8. The average Bonchev–Trinajstić information content (AvgIpc) is 3.20. The summed E-state index contributed by atoms with van der Waals surface area (Å²) in [5, 5.41) is 8.39. The summed E-state index contributed by atoms with van der Waals surface area (Å²) < 4.78 is 20.0. The summed E-state index contributed by atoms with van der Waals surface area (Å²) >= 11 is 6.09. The number of halogens is 2. The van der Waals surface area contributed by atoms with Gasteiger partial charge in [0.15, 0.2) is 5.78 Å². The first-order chi connectivity index (χ1) is 16.8. The van der Waals surface area contributed by atoms with Gasteiger partial charge in [-0.2, -0.15) is 4.39 Å². The van der Waals surface area contributed by atoms with Gasteiger partial charge >= 0.3 is 5.97 Å². The molecule has 0 saturated heterocycles. The SMILES string of the molecule is C[C@@H](OC(=O)Cc1c(-c2ccc(C(=O)Cc3ccc(F)nc3)cn2)nnn1C)c1cccnc1Cl. The molecule has 0 fully saturated rings. The lowest BCUT2D eigenvalue weighted by Gasteiger charge is -2.14. The van der Waals surface area contributed by atoms with E-state index in [-0.39, 0.29) is 23.8 Å². The van der Waals surface area contributed by atoms with E-state index in [2.05, 4.69) is 25.3 Å². The average molecular weight is 495 g/mol. The summed E-state index contributed by atoms with van der Waals surface area (Å²) in [4.78, 5) is 37.1. The van der Waals surface area contributed by atoms with E-state index < -0.39 is 18.0 Å². The first-order valence-electron chi connectivity index (χ1n) is 10.6. The van der Waals surface area contributed by atoms with Gasteiger partial charge in [0.05, 0.1) is 17.8 Å². The maximum atomic E-state index is 13.0. The molecule has 0 aliphatic carbocycles. The predicted octanol–water partition coefficient (Wildman–Crippen LogP) is 3.73. The standard InChI is InChI=1S/C24H20ClFN6O3/c1-14(17-4-3-9-27-24(17)25)35-22(34)11-19-23(30-31-32(19)2)18-7-6-16(13-28-18)20(33)10-15-5-8-21(26)29-12-15/h3-9,12-14H,10-11H2,1-2H3/t14-/m1/s1. The van der Waals surface area contributed by atoms with Crippen LogP contribution in [0.3, 0.4) is 0 Å². The summed E-state index contributed by atoms with van der Waals surface area (Å²) in [5.74, 6) is -1.29. The monoisotopic (exact) mass is 494 g/mol. The summed E-state index contributed by atoms with van der Waals surface area (Å²) in [5.41, 5.74) is 2.93. The van der Waals surface area contributed by atoms with Gasteiger partial charge < -0.3 is 4.74 Å². The van der Waals surface area contributed by atoms with Gasteiger partial charge in [0, 0.05) is 43.2 Å². The summed E-state index contributed by atoms with van der Waals surface area (Å²) in [6, 6.07) is 9.42. The molecule has 0 radical (unpaired) electrons. The zero-order chi connectivity index (χ0) is 24.9. The van der Waals surface area contributed by atoms with Crippen LogP contribution in [0.1, 0.15) is 40.2 Å². The molecule has 178 valence electrons. The molecule has 0 aliphatic rings. The predicted molar refractivity (Wildman–Crippen MR) is 124 cm³/mol. The highest BCUT2D eigenvalue weighted by molar-refractivity contribution is 6.30. The number of ketones is 1. The van der Waals surface area contributed by atoms with Gasteiger partial charge in [0.1, 0.15) is 17.0 Å². The van der Waals surface area contributed by atoms with Crippen molar-refractivity contribution in [2.75, 3.05) is 0 Å². The highest BCUT2D eigenvalue weighted by Gasteiger charge is 2.21. The van der Waals surface area contributed by atoms with E-state index in [0.29, 0.717) is 33.8 Å². The molecular weight excluding hydrogens is 475 g/mol. The fourth-order valence-corrected chi connectivity index (χ4v) is 3.69. The van der Waals surface area contributed by atoms with Crippen molar-refractivity contribution in [1.82, 2.24) is 29.9 Å². The third kappa shape index (κ3) is 5.72. The molecule has 4 rings (SSSR count). The Morgan fingerprint density at radius 3 is 2.60 bits per heavy atom. The van der Waals surface area contributed by atoms with E-state index in [9.17, 15) is 14.0 Å². The van der Waals surface area contributed by atoms with Crippen LogP contribution in [0.25, 0.3) is 11.4 Å². The number of carbonyl (C=O) groups excluding carboxylic acids is 2. The topological polar surface area (TPSA) is 113 Å². The molecule has 4 heterocycles. The summed E-state index contributed by atoms with van der Waals surface area (Å²) in [7, 11) is 1.66. The second-order valence-electron chi connectivity index (χ2n) is 7.72. The Morgan fingerprint density at radius 2 is 1.91 bits per heavy atom. The van der Waals surface area contributed by atoms with Crippen molar-refractivity contribution in [2.24, 2.45) is 7.05 Å². The largest absolute Gasteiger partial charge is 0.457 e. The third-order valence-corrected chi connectivity index (χ3v) is 5.59. The fraction of sp³-hybridized carbons (Fsp3) is 0.208. The smallest absolute Gasteiger partial charge is 0.312 e. The fourth-order valence-electron chi connectivity index (χ4n) is 3.41. The molecule has 11 heteroatoms. The molecule has 0 N–H and O–H groups in total. The number of aromatic nitrogens is 6. The minimum absolute atomic E-state index is 0.0652. The zero-order valence-corrected chi connectivity index (χ0v) is 19.6. The van der Waals surface area contributed by atoms with E-state index in [1.54, 1.807) is 44.4 Å². The van der Waals surface area contributed by atoms with Crippen molar-refractivity contribution < 1.29 is 18.7 Å². The van der Waals surface area contributed by atoms with E-state index in [4.69, 9.17) is 16.3 Å². The number of carbonyl (C=O) groups is 2. The quantitative estimate of drug-likeness (QED) is 0.207. The summed E-state index contributed by atoms with van der Waals surface area (Å²) in [6.45, 7) is 1.71. The lowest BCUT2D eigenvalue weighted by Crippen LogP contribution is -2.14. The second-order valence-corrected chi connectivity index (χ2v) is 8.08. The number of pyridine rings is 3. The maximum Gasteiger partial charge on any atom is 0.312 e. The van der Waals surface area contributed by atoms with E-state index in [0.717, 1.165) is 0 Å². The molecule has 0 spiro atoms. The number of nitrogens with zero attached hydrogens (tertiary/aromatic N) is 6. The van der Waals surface area contributed by atoms with Gasteiger partial charge in [-0.05, 0) is 36.8 Å². The molecule has 0 amide bonds. The lowest BCUT2D eigenvalue weighted by atomic mass is 10.1. The third-order valence-electron chi connectivity index (χ3n) is 5.27. The van der Waals surface area contributed by atoms with Crippen molar-refractivity contribution in [3.05, 3.63) is 88.5 Å². The van der Waals surface area contributed by atoms with E-state index in [1.807, 2.05) is 0 Å². The van der Waals surface area contributed by atoms with Crippen LogP contribution in [0.4, 0.5) is 4.39 Å². The number of aryl methyl sites for hydroxylation is 1. The van der Waals surface area contributed by atoms with Gasteiger partial charge in [-0.15, -0.1) is 5.10 Å². The Bertz CT molecular complexity index is 1360. The van der Waals surface area contributed by atoms with E-state index in [1.165, 1.54) is 29.2 Å². The lowest BCUT2D eigenvalue weighted by molar-refractivity contribution is -0.147. The van der Waals surface area contributed by atoms with Gasteiger partial charge in [-0.25, -0.2) is 9.97 Å². The molecule has 0 bridgehead atoms. The van der Waals surface area contributed by atoms with Crippen LogP contribution in [-0.2, 0) is 29.4 Å². The number of ether oxygens (including phenoxy) is 1. The van der Waals surface area contributed by atoms with Gasteiger partial charge in [-0.1, -0.05) is 28.9 Å². The zero-order valence-electron chi connectivity index (χ0n) is 18.9. The Kier molecular flexibility index (Phi) is 7.21. The maximum absolute atomic E-state index is 13.0. The minimum Gasteiger partial charge on any atom is -0.457 e. The molecule has 4 aromatic rings. The minimum atomic E-state index is -0.605. The Balaban J connectivity index is 1.45. The number of hydrogen-bond acceptors (Lipinski definition) is 8. The van der Waals surface area contributed by atoms with Gasteiger partial charge in [-0.3, -0.25) is 19.3 Å². The van der Waals surface area contributed by atoms with Crippen LogP contribution in [0.15, 0.2) is 55.0 Å². The summed E-state index contributed by atoms with van der Waals surface area (Å²) in [6.07, 6.45) is 3.69. The van der Waals surface area contributed by atoms with Crippen LogP contribution >= 0.6 is 11.6 Å². The van der Waals surface area contributed by atoms with Gasteiger partial charge in [0.25, 0.3) is 0 Å². The molecule has 0 saturated carbocycles. The van der Waals surface area contributed by atoms with Crippen molar-refractivity contribution in [2.45, 2.75) is 25.9 Å². The van der Waals surface area contributed by atoms with Crippen molar-refractivity contribution in [1.29, 1.82) is 0 Å². The molecular formula is C24H20ClFN6O3. The van der Waals surface area contributed by atoms with Crippen LogP contribution in [0.2, 0.25) is 5.15 Å². The number of hydrogen-bond donors (Lipinski definition) is 0. The van der Waals surface area contributed by atoms with Crippen LogP contribution in [0, 0.1) is 5.95 Å². The van der Waals surface area contributed by atoms with Crippen molar-refractivity contribution >= 4 is 23.4 Å². The van der Waals surface area contributed by atoms with Crippen LogP contribution in [-0.4, -0.2) is 41.7 Å². The first kappa shape index (κ1) is 24.1. The van der Waals surface area contributed by atoms with E-state index >= 15 is 0 Å². The number of esters is 1. The van der Waals surface area contributed by atoms with Crippen molar-refractivity contribution in [3.63, 3.8) is 0 Å². The first-order valence-corrected chi connectivity index (χ1v) is 11.0. The van der Waals surface area contributed by atoms with Crippen LogP contribution in [0.5, 0.6) is 0 Å². The highest BCUT2D eigenvalue weighted by Crippen LogP contribution is 2.25. The molecule has 0 aliphatic heterocycles. The Hall–Kier alpha value is -4.05. The van der Waals surface area contributed by atoms with Crippen LogP contribution < -0.4 is 0 Å². The highest BCUT2D eigenvalue weighted by atomic mass is 35.5. The Labute approximate surface area is 205 Å². The number of rotatable bonds is 8. The number of Topliss-reactive ketones (excluding diaryl/α,β-unsaturated/α-hetero) is 1. The molecule has 0 aromatic carbocycles.